The maximum absolute atomic E-state index is 11.4. The monoisotopic (exact) mass is 352 g/mol. The third-order valence-electron chi connectivity index (χ3n) is 5.17. The lowest BCUT2D eigenvalue weighted by Gasteiger charge is -2.30. The van der Waals surface area contributed by atoms with Crippen LogP contribution in [0.15, 0.2) is 30.3 Å². The molecule has 2 N–H and O–H groups in total. The molecule has 24 heavy (non-hydrogen) atoms. The number of nitrogens with one attached hydrogen (secondary N) is 2. The standard InChI is InChI=1S/C18H28N2O3S/c1-24(21,22)20-17-11-12-19-18(17)13-23-16-9-7-15(8-10-16)14-5-3-2-4-6-14/h2-6,15-20H,7-13H2,1H3/t15-,16+,17-,18?/m0/s1. The summed E-state index contributed by atoms with van der Waals surface area (Å²) in [5.41, 5.74) is 1.44. The highest BCUT2D eigenvalue weighted by Gasteiger charge is 2.30. The van der Waals surface area contributed by atoms with Crippen molar-refractivity contribution in [2.24, 2.45) is 0 Å². The van der Waals surface area contributed by atoms with Gasteiger partial charge < -0.3 is 10.1 Å². The number of rotatable bonds is 6. The molecule has 2 fully saturated rings. The van der Waals surface area contributed by atoms with Gasteiger partial charge in [0.15, 0.2) is 0 Å². The quantitative estimate of drug-likeness (QED) is 0.822. The molecular formula is C18H28N2O3S. The highest BCUT2D eigenvalue weighted by Crippen LogP contribution is 2.34. The van der Waals surface area contributed by atoms with E-state index in [1.54, 1.807) is 0 Å². The van der Waals surface area contributed by atoms with Crippen molar-refractivity contribution >= 4 is 10.0 Å². The third-order valence-corrected chi connectivity index (χ3v) is 5.90. The minimum atomic E-state index is -3.17. The van der Waals surface area contributed by atoms with Crippen LogP contribution < -0.4 is 10.0 Å². The maximum atomic E-state index is 11.4. The Morgan fingerprint density at radius 1 is 1.12 bits per heavy atom. The summed E-state index contributed by atoms with van der Waals surface area (Å²) in [5.74, 6) is 0.648. The van der Waals surface area contributed by atoms with E-state index in [-0.39, 0.29) is 12.1 Å². The molecule has 134 valence electrons. The Morgan fingerprint density at radius 3 is 2.50 bits per heavy atom. The molecule has 1 aliphatic carbocycles. The van der Waals surface area contributed by atoms with Gasteiger partial charge in [-0.25, -0.2) is 13.1 Å². The van der Waals surface area contributed by atoms with Crippen molar-refractivity contribution in [3.63, 3.8) is 0 Å². The van der Waals surface area contributed by atoms with E-state index in [2.05, 4.69) is 40.4 Å². The number of hydrogen-bond acceptors (Lipinski definition) is 4. The average molecular weight is 353 g/mol. The van der Waals surface area contributed by atoms with Crippen molar-refractivity contribution in [3.05, 3.63) is 35.9 Å². The molecule has 0 bridgehead atoms. The topological polar surface area (TPSA) is 67.4 Å². The minimum absolute atomic E-state index is 0.0549. The van der Waals surface area contributed by atoms with Gasteiger partial charge in [-0.1, -0.05) is 30.3 Å². The van der Waals surface area contributed by atoms with Crippen molar-refractivity contribution in [3.8, 4) is 0 Å². The second kappa shape index (κ2) is 7.95. The van der Waals surface area contributed by atoms with Gasteiger partial charge in [-0.05, 0) is 50.1 Å². The summed E-state index contributed by atoms with van der Waals surface area (Å²) in [6.45, 7) is 1.41. The SMILES string of the molecule is CS(=O)(=O)N[C@H]1CCNC1CO[C@H]1CC[C@@H](c2ccccc2)CC1. The van der Waals surface area contributed by atoms with E-state index in [1.807, 2.05) is 0 Å². The Labute approximate surface area is 145 Å². The van der Waals surface area contributed by atoms with Gasteiger partial charge in [-0.15, -0.1) is 0 Å². The predicted molar refractivity (Wildman–Crippen MR) is 95.6 cm³/mol. The number of sulfonamides is 1. The first-order valence-electron chi connectivity index (χ1n) is 8.88. The fraction of sp³-hybridized carbons (Fsp3) is 0.667. The molecule has 1 unspecified atom stereocenters. The predicted octanol–water partition coefficient (Wildman–Crippen LogP) is 2.01. The second-order valence-corrected chi connectivity index (χ2v) is 8.84. The van der Waals surface area contributed by atoms with Crippen LogP contribution in [-0.2, 0) is 14.8 Å². The number of hydrogen-bond donors (Lipinski definition) is 2. The van der Waals surface area contributed by atoms with E-state index in [4.69, 9.17) is 4.74 Å². The van der Waals surface area contributed by atoms with Crippen LogP contribution in [0, 0.1) is 0 Å². The van der Waals surface area contributed by atoms with E-state index in [1.165, 1.54) is 11.8 Å². The van der Waals surface area contributed by atoms with Gasteiger partial charge in [0.2, 0.25) is 10.0 Å². The van der Waals surface area contributed by atoms with Crippen LogP contribution in [0.5, 0.6) is 0 Å². The molecular weight excluding hydrogens is 324 g/mol. The number of benzene rings is 1. The highest BCUT2D eigenvalue weighted by molar-refractivity contribution is 7.88. The molecule has 1 aliphatic heterocycles. The van der Waals surface area contributed by atoms with Gasteiger partial charge >= 0.3 is 0 Å². The average Bonchev–Trinajstić information content (AvgIpc) is 2.99. The third kappa shape index (κ3) is 5.02. The second-order valence-electron chi connectivity index (χ2n) is 7.06. The Kier molecular flexibility index (Phi) is 5.92. The van der Waals surface area contributed by atoms with Crippen LogP contribution in [0.1, 0.15) is 43.6 Å². The molecule has 0 spiro atoms. The summed E-state index contributed by atoms with van der Waals surface area (Å²) in [5, 5.41) is 3.35. The largest absolute Gasteiger partial charge is 0.377 e. The Morgan fingerprint density at radius 2 is 1.83 bits per heavy atom. The summed E-state index contributed by atoms with van der Waals surface area (Å²) in [4.78, 5) is 0. The Balaban J connectivity index is 1.43. The van der Waals surface area contributed by atoms with Crippen molar-refractivity contribution in [1.29, 1.82) is 0 Å². The fourth-order valence-electron chi connectivity index (χ4n) is 3.89. The van der Waals surface area contributed by atoms with E-state index < -0.39 is 10.0 Å². The van der Waals surface area contributed by atoms with Crippen molar-refractivity contribution in [2.45, 2.75) is 56.2 Å². The fourth-order valence-corrected chi connectivity index (χ4v) is 4.72. The van der Waals surface area contributed by atoms with E-state index >= 15 is 0 Å². The summed E-state index contributed by atoms with van der Waals surface area (Å²) in [7, 11) is -3.17. The maximum Gasteiger partial charge on any atom is 0.209 e. The summed E-state index contributed by atoms with van der Waals surface area (Å²) < 4.78 is 31.7. The van der Waals surface area contributed by atoms with E-state index in [0.29, 0.717) is 18.6 Å². The molecule has 1 saturated carbocycles. The van der Waals surface area contributed by atoms with Crippen LogP contribution in [0.4, 0.5) is 0 Å². The zero-order chi connectivity index (χ0) is 17.0. The highest BCUT2D eigenvalue weighted by atomic mass is 32.2. The van der Waals surface area contributed by atoms with E-state index in [9.17, 15) is 8.42 Å². The van der Waals surface area contributed by atoms with Gasteiger partial charge in [-0.3, -0.25) is 0 Å². The number of ether oxygens (including phenoxy) is 1. The van der Waals surface area contributed by atoms with Gasteiger partial charge in [0.1, 0.15) is 0 Å². The molecule has 2 atom stereocenters. The Hall–Kier alpha value is -0.950. The first kappa shape index (κ1) is 17.9. The van der Waals surface area contributed by atoms with Crippen LogP contribution >= 0.6 is 0 Å². The van der Waals surface area contributed by atoms with Crippen molar-refractivity contribution < 1.29 is 13.2 Å². The molecule has 5 nitrogen and oxygen atoms in total. The lowest BCUT2D eigenvalue weighted by Crippen LogP contribution is -2.46. The summed E-state index contributed by atoms with van der Waals surface area (Å²) in [6.07, 6.45) is 6.82. The van der Waals surface area contributed by atoms with Crippen LogP contribution in [-0.4, -0.2) is 46.0 Å². The first-order valence-corrected chi connectivity index (χ1v) is 10.8. The lowest BCUT2D eigenvalue weighted by atomic mass is 9.83. The molecule has 1 aromatic carbocycles. The molecule has 0 amide bonds. The molecule has 1 aromatic rings. The molecule has 0 radical (unpaired) electrons. The van der Waals surface area contributed by atoms with Gasteiger partial charge in [0, 0.05) is 12.1 Å². The lowest BCUT2D eigenvalue weighted by molar-refractivity contribution is 0.0126. The van der Waals surface area contributed by atoms with Crippen molar-refractivity contribution in [2.75, 3.05) is 19.4 Å². The molecule has 0 aromatic heterocycles. The smallest absolute Gasteiger partial charge is 0.209 e. The molecule has 1 heterocycles. The van der Waals surface area contributed by atoms with Gasteiger partial charge in [-0.2, -0.15) is 0 Å². The molecule has 1 saturated heterocycles. The zero-order valence-corrected chi connectivity index (χ0v) is 15.1. The normalized spacial score (nSPS) is 31.2. The molecule has 6 heteroatoms. The summed E-state index contributed by atoms with van der Waals surface area (Å²) >= 11 is 0. The van der Waals surface area contributed by atoms with Crippen LogP contribution in [0.3, 0.4) is 0 Å². The van der Waals surface area contributed by atoms with Gasteiger partial charge in [0.05, 0.1) is 19.0 Å². The first-order chi connectivity index (χ1) is 11.5. The molecule has 2 aliphatic rings. The minimum Gasteiger partial charge on any atom is -0.377 e. The van der Waals surface area contributed by atoms with E-state index in [0.717, 1.165) is 38.6 Å². The van der Waals surface area contributed by atoms with Crippen molar-refractivity contribution in [1.82, 2.24) is 10.0 Å². The van der Waals surface area contributed by atoms with Crippen LogP contribution in [0.2, 0.25) is 0 Å². The zero-order valence-electron chi connectivity index (χ0n) is 14.3. The van der Waals surface area contributed by atoms with Crippen LogP contribution in [0.25, 0.3) is 0 Å². The van der Waals surface area contributed by atoms with Gasteiger partial charge in [0.25, 0.3) is 0 Å². The Bertz CT molecular complexity index is 612. The summed E-state index contributed by atoms with van der Waals surface area (Å²) in [6, 6.07) is 10.7. The molecule has 3 rings (SSSR count).